The number of ketones is 1. The zero-order valence-corrected chi connectivity index (χ0v) is 74.2. The van der Waals surface area contributed by atoms with E-state index in [4.69, 9.17) is 15.5 Å². The molecule has 0 saturated carbocycles. The lowest BCUT2D eigenvalue weighted by molar-refractivity contribution is -0.146. The Labute approximate surface area is 725 Å². The fraction of sp³-hybridized carbons (Fsp3) is 0.529. The summed E-state index contributed by atoms with van der Waals surface area (Å²) >= 11 is 0. The molecule has 17 amide bonds. The molecule has 125 heavy (non-hydrogen) atoms. The number of nitrogens with zero attached hydrogens (tertiary/aromatic N) is 15. The lowest BCUT2D eigenvalue weighted by Crippen LogP contribution is -2.56. The van der Waals surface area contributed by atoms with Crippen LogP contribution in [0.1, 0.15) is 107 Å². The van der Waals surface area contributed by atoms with Crippen LogP contribution in [0, 0.1) is 5.92 Å². The fourth-order valence-corrected chi connectivity index (χ4v) is 14.0. The third-order valence-electron chi connectivity index (χ3n) is 22.4. The van der Waals surface area contributed by atoms with E-state index in [0.29, 0.717) is 51.3 Å². The van der Waals surface area contributed by atoms with E-state index in [0.717, 1.165) is 72.8 Å². The molecule has 4 aromatic rings. The van der Waals surface area contributed by atoms with E-state index < -0.39 is 183 Å². The number of unbranched alkanes of at least 4 members (excludes halogenated alkanes) is 1. The molecule has 40 nitrogen and oxygen atoms in total. The van der Waals surface area contributed by atoms with Gasteiger partial charge in [-0.1, -0.05) is 45.0 Å². The molecule has 0 saturated heterocycles. The van der Waals surface area contributed by atoms with Crippen molar-refractivity contribution in [1.82, 2.24) is 83.9 Å². The van der Waals surface area contributed by atoms with Gasteiger partial charge in [0.2, 0.25) is 82.7 Å². The third kappa shape index (κ3) is 25.7. The molecule has 7 rings (SSSR count). The summed E-state index contributed by atoms with van der Waals surface area (Å²) in [4.78, 5) is 272. The number of pyridine rings is 2. The van der Waals surface area contributed by atoms with Crippen LogP contribution in [0.3, 0.4) is 0 Å². The Morgan fingerprint density at radius 3 is 1.47 bits per heavy atom. The molecule has 3 atom stereocenters. The van der Waals surface area contributed by atoms with Crippen molar-refractivity contribution in [1.29, 1.82) is 0 Å². The maximum atomic E-state index is 14.6. The van der Waals surface area contributed by atoms with Gasteiger partial charge in [0.25, 0.3) is 17.4 Å². The van der Waals surface area contributed by atoms with Gasteiger partial charge in [0.15, 0.2) is 5.78 Å². The van der Waals surface area contributed by atoms with Crippen LogP contribution in [0.4, 0.5) is 10.5 Å². The monoisotopic (exact) mass is 1740 g/mol. The SMILES string of the molecule is CC[C@@]1(O)C(=O)CCc2c1cc1n(c2=O)Cc2c-1nc1ccccc1c2CCN(C(=O)OCc1ccc(NC(=O)[C@H](CCCCN)NC(=O)[C@@H](NC(=O)CN2C(=O)C=CC2=O)C(C)C)cc1CN(C)C(=O)CN(C)C(=O)CN(C)C(=O)CN(C)C(=O)CN(C)C(=O)CN(C)C(=O)CN(C)C(=O)CN(C)C(=O)CN(C)C(=O)CN(C)C(=O)CN(C)C(C)=O)C(C)C. The first kappa shape index (κ1) is 99.2. The highest BCUT2D eigenvalue weighted by Gasteiger charge is 2.44. The highest BCUT2D eigenvalue weighted by Crippen LogP contribution is 2.41. The first-order valence-corrected chi connectivity index (χ1v) is 41.0. The van der Waals surface area contributed by atoms with Crippen molar-refractivity contribution in [3.8, 4) is 11.4 Å². The van der Waals surface area contributed by atoms with Crippen LogP contribution in [0.15, 0.2) is 65.5 Å². The van der Waals surface area contributed by atoms with E-state index in [2.05, 4.69) is 16.0 Å². The number of fused-ring (bicyclic) bond motifs is 5. The van der Waals surface area contributed by atoms with Crippen LogP contribution in [0.5, 0.6) is 0 Å². The zero-order chi connectivity index (χ0) is 93.1. The number of para-hydroxylation sites is 1. The summed E-state index contributed by atoms with van der Waals surface area (Å²) in [6.45, 7) is 4.31. The summed E-state index contributed by atoms with van der Waals surface area (Å²) in [5, 5.41) is 20.6. The number of hydrogen-bond donors (Lipinski definition) is 5. The van der Waals surface area contributed by atoms with E-state index in [1.54, 1.807) is 37.5 Å². The first-order valence-electron chi connectivity index (χ1n) is 41.0. The number of Topliss-reactive ketones (excluding diaryl/α,β-unsaturated/α-hetero) is 1. The lowest BCUT2D eigenvalue weighted by atomic mass is 9.77. The molecule has 0 bridgehead atoms. The molecule has 1 aliphatic carbocycles. The van der Waals surface area contributed by atoms with E-state index in [1.807, 2.05) is 38.1 Å². The Morgan fingerprint density at radius 1 is 0.560 bits per heavy atom. The van der Waals surface area contributed by atoms with Crippen molar-refractivity contribution >= 4 is 123 Å². The van der Waals surface area contributed by atoms with Gasteiger partial charge in [0.1, 0.15) is 30.8 Å². The van der Waals surface area contributed by atoms with Crippen LogP contribution in [0.2, 0.25) is 0 Å². The van der Waals surface area contributed by atoms with Gasteiger partial charge in [-0.15, -0.1) is 0 Å². The summed E-state index contributed by atoms with van der Waals surface area (Å²) in [7, 11) is 14.7. The maximum absolute atomic E-state index is 14.6. The Morgan fingerprint density at radius 2 is 1.02 bits per heavy atom. The summed E-state index contributed by atoms with van der Waals surface area (Å²) < 4.78 is 7.74. The van der Waals surface area contributed by atoms with Crippen LogP contribution in [-0.2, 0) is 124 Å². The summed E-state index contributed by atoms with van der Waals surface area (Å²) in [6.07, 6.45) is 2.76. The molecule has 0 fully saturated rings. The molecule has 6 N–H and O–H groups in total. The van der Waals surface area contributed by atoms with Crippen molar-refractivity contribution in [2.45, 2.75) is 130 Å². The van der Waals surface area contributed by atoms with Gasteiger partial charge in [-0.05, 0) is 106 Å². The van der Waals surface area contributed by atoms with Gasteiger partial charge < -0.3 is 94.9 Å². The molecule has 2 aliphatic heterocycles. The minimum Gasteiger partial charge on any atom is -0.445 e. The van der Waals surface area contributed by atoms with Crippen LogP contribution >= 0.6 is 0 Å². The minimum atomic E-state index is -1.84. The number of hydrogen-bond acceptors (Lipinski definition) is 23. The quantitative estimate of drug-likeness (QED) is 0.0215. The van der Waals surface area contributed by atoms with Crippen LogP contribution in [0.25, 0.3) is 22.3 Å². The Kier molecular flexibility index (Phi) is 34.9. The second kappa shape index (κ2) is 43.9. The molecule has 2 aromatic carbocycles. The van der Waals surface area contributed by atoms with Gasteiger partial charge in [-0.2, -0.15) is 0 Å². The highest BCUT2D eigenvalue weighted by molar-refractivity contribution is 6.14. The predicted octanol–water partition coefficient (Wildman–Crippen LogP) is -1.69. The predicted molar refractivity (Wildman–Crippen MR) is 455 cm³/mol. The molecular weight excluding hydrogens is 1620 g/mol. The zero-order valence-electron chi connectivity index (χ0n) is 74.2. The highest BCUT2D eigenvalue weighted by atomic mass is 16.6. The number of carbonyl (C=O) groups is 18. The van der Waals surface area contributed by atoms with Crippen molar-refractivity contribution in [2.24, 2.45) is 11.7 Å². The maximum Gasteiger partial charge on any atom is 0.410 e. The van der Waals surface area contributed by atoms with Gasteiger partial charge in [-0.25, -0.2) is 9.78 Å². The third-order valence-corrected chi connectivity index (χ3v) is 22.4. The second-order valence-electron chi connectivity index (χ2n) is 32.6. The van der Waals surface area contributed by atoms with Crippen LogP contribution < -0.4 is 27.2 Å². The number of nitrogens with two attached hydrogens (primary N) is 1. The normalized spacial score (nSPS) is 14.1. The standard InChI is InChI=1S/C85H117N19O21/c1-18-85(124)61-36-64-80-60(38-103(64)83(122)59(61)28-29-65(85)106)57(58-23-19-20-24-62(58)88-80)32-34-102(52(4)5)84(123)125-50-54-26-27-56(87-81(120)63(25-21-22-33-86)89-82(121)79(51(2)3)90-66(107)39-104-67(108)30-31-68(104)109)35-55(54)37-92(8)70(111)41-94(10)72(113)43-96(12)74(115)45-98(14)76(117)47-100(16)78(119)49-101(17)77(118)48-99(15)75(116)46-97(13)73(114)44-95(11)71(112)42-93(9)69(110)40-91(7)53(6)105/h19-20,23-24,26-27,30-31,35-36,51-52,63,79,124H,18,21-22,25,28-29,32-34,37-50,86H2,1-17H3,(H,87,120)(H,89,121)(H,90,107)/t63-,79-,85-/m0/s1. The van der Waals surface area contributed by atoms with Crippen molar-refractivity contribution in [3.05, 3.63) is 104 Å². The molecule has 4 heterocycles. The number of benzene rings is 2. The Hall–Kier alpha value is -12.9. The Bertz CT molecular complexity index is 4930. The number of anilines is 1. The number of ether oxygens (including phenoxy) is 1. The molecule has 0 radical (unpaired) electrons. The van der Waals surface area contributed by atoms with Crippen molar-refractivity contribution in [3.63, 3.8) is 0 Å². The van der Waals surface area contributed by atoms with Gasteiger partial charge in [0, 0.05) is 150 Å². The number of aliphatic hydroxyl groups is 1. The minimum absolute atomic E-state index is 0.0187. The van der Waals surface area contributed by atoms with E-state index in [1.165, 1.54) is 111 Å². The summed E-state index contributed by atoms with van der Waals surface area (Å²) in [6, 6.07) is 10.9. The first-order chi connectivity index (χ1) is 58.7. The number of amides is 17. The molecule has 3 aliphatic rings. The largest absolute Gasteiger partial charge is 0.445 e. The number of imide groups is 1. The topological polar surface area (TPSA) is 476 Å². The Balaban J connectivity index is 0.985. The average molecular weight is 1740 g/mol. The summed E-state index contributed by atoms with van der Waals surface area (Å²) in [5.74, 6) is -11.4. The number of aromatic nitrogens is 2. The number of rotatable bonds is 41. The van der Waals surface area contributed by atoms with E-state index in [-0.39, 0.29) is 106 Å². The molecule has 0 unspecified atom stereocenters. The molecule has 678 valence electrons. The number of carbonyl (C=O) groups excluding carboxylic acids is 18. The molecule has 2 aromatic heterocycles. The fourth-order valence-electron chi connectivity index (χ4n) is 14.0. The second-order valence-corrected chi connectivity index (χ2v) is 32.6. The van der Waals surface area contributed by atoms with E-state index >= 15 is 0 Å². The van der Waals surface area contributed by atoms with Gasteiger partial charge >= 0.3 is 6.09 Å². The number of likely N-dealkylation sites (N-methyl/N-ethyl adjacent to an activating group) is 11. The molecule has 0 spiro atoms. The number of nitrogens with one attached hydrogen (secondary N) is 3. The smallest absolute Gasteiger partial charge is 0.410 e. The average Bonchev–Trinajstić information content (AvgIpc) is 1.59. The van der Waals surface area contributed by atoms with Gasteiger partial charge in [-0.3, -0.25) is 91.2 Å². The van der Waals surface area contributed by atoms with Crippen LogP contribution in [-0.4, -0.2) is 365 Å². The lowest BCUT2D eigenvalue weighted by Gasteiger charge is -2.32. The summed E-state index contributed by atoms with van der Waals surface area (Å²) in [5.41, 5.74) is 8.34. The van der Waals surface area contributed by atoms with Gasteiger partial charge in [0.05, 0.1) is 88.9 Å². The molecule has 40 heteroatoms. The van der Waals surface area contributed by atoms with E-state index in [9.17, 15) is 96.2 Å². The molecular formula is C85H117N19O21. The van der Waals surface area contributed by atoms with Crippen molar-refractivity contribution in [2.75, 3.05) is 168 Å². The van der Waals surface area contributed by atoms with Crippen molar-refractivity contribution < 1.29 is 96.1 Å².